The van der Waals surface area contributed by atoms with Crippen LogP contribution in [-0.4, -0.2) is 28.2 Å². The van der Waals surface area contributed by atoms with Crippen molar-refractivity contribution in [1.29, 1.82) is 0 Å². The summed E-state index contributed by atoms with van der Waals surface area (Å²) in [6, 6.07) is 14.3. The van der Waals surface area contributed by atoms with Gasteiger partial charge in [-0.05, 0) is 49.2 Å². The van der Waals surface area contributed by atoms with Gasteiger partial charge in [0.05, 0.1) is 12.2 Å². The number of carbonyl (C=O) groups excluding carboxylic acids is 2. The van der Waals surface area contributed by atoms with Crippen LogP contribution in [0.1, 0.15) is 34.2 Å². The first-order valence-electron chi connectivity index (χ1n) is 9.42. The molecule has 0 atom stereocenters. The Hall–Kier alpha value is -3.61. The van der Waals surface area contributed by atoms with Gasteiger partial charge in [0.25, 0.3) is 0 Å². The van der Waals surface area contributed by atoms with Gasteiger partial charge in [0, 0.05) is 31.2 Å². The molecule has 0 aliphatic carbocycles. The Morgan fingerprint density at radius 2 is 1.86 bits per heavy atom. The molecular formula is C22H24N4O3. The summed E-state index contributed by atoms with van der Waals surface area (Å²) < 4.78 is 7.01. The number of amides is 2. The van der Waals surface area contributed by atoms with Gasteiger partial charge in [0.1, 0.15) is 5.82 Å². The minimum absolute atomic E-state index is 0.315. The highest BCUT2D eigenvalue weighted by atomic mass is 16.5. The lowest BCUT2D eigenvalue weighted by atomic mass is 10.1. The zero-order valence-electron chi connectivity index (χ0n) is 16.5. The Bertz CT molecular complexity index is 980. The molecule has 3 aromatic rings. The van der Waals surface area contributed by atoms with Gasteiger partial charge < -0.3 is 19.9 Å². The Morgan fingerprint density at radius 3 is 2.55 bits per heavy atom. The minimum Gasteiger partial charge on any atom is -0.462 e. The van der Waals surface area contributed by atoms with Gasteiger partial charge in [-0.2, -0.15) is 0 Å². The van der Waals surface area contributed by atoms with Crippen LogP contribution in [0.2, 0.25) is 0 Å². The molecule has 29 heavy (non-hydrogen) atoms. The standard InChI is InChI=1S/C22H24N4O3/c1-3-29-21(27)19-7-9-20(10-8-19)25-22(28)24-14-17-5-4-6-18(13-17)15-26-12-11-23-16(26)2/h4-13H,3,14-15H2,1-2H3,(H2,24,25,28). The number of ether oxygens (including phenoxy) is 1. The van der Waals surface area contributed by atoms with Gasteiger partial charge in [0.2, 0.25) is 0 Å². The average Bonchev–Trinajstić information content (AvgIpc) is 3.12. The van der Waals surface area contributed by atoms with Crippen LogP contribution in [0.5, 0.6) is 0 Å². The molecule has 0 radical (unpaired) electrons. The summed E-state index contributed by atoms with van der Waals surface area (Å²) in [4.78, 5) is 28.1. The van der Waals surface area contributed by atoms with E-state index in [0.717, 1.165) is 23.5 Å². The van der Waals surface area contributed by atoms with E-state index in [-0.39, 0.29) is 12.0 Å². The Labute approximate surface area is 169 Å². The lowest BCUT2D eigenvalue weighted by molar-refractivity contribution is 0.0526. The summed E-state index contributed by atoms with van der Waals surface area (Å²) in [6.45, 7) is 5.19. The van der Waals surface area contributed by atoms with Gasteiger partial charge >= 0.3 is 12.0 Å². The Kier molecular flexibility index (Phi) is 6.63. The average molecular weight is 392 g/mol. The maximum Gasteiger partial charge on any atom is 0.338 e. The predicted octanol–water partition coefficient (Wildman–Crippen LogP) is 3.74. The third kappa shape index (κ3) is 5.68. The number of aryl methyl sites for hydroxylation is 1. The number of carbonyl (C=O) groups is 2. The van der Waals surface area contributed by atoms with E-state index in [1.807, 2.05) is 31.3 Å². The zero-order valence-corrected chi connectivity index (χ0v) is 16.5. The van der Waals surface area contributed by atoms with Crippen LogP contribution in [0.15, 0.2) is 60.9 Å². The third-order valence-corrected chi connectivity index (χ3v) is 4.37. The van der Waals surface area contributed by atoms with Crippen molar-refractivity contribution in [1.82, 2.24) is 14.9 Å². The number of nitrogens with one attached hydrogen (secondary N) is 2. The quantitative estimate of drug-likeness (QED) is 0.600. The molecule has 0 bridgehead atoms. The van der Waals surface area contributed by atoms with Crippen molar-refractivity contribution in [3.63, 3.8) is 0 Å². The fourth-order valence-corrected chi connectivity index (χ4v) is 2.87. The summed E-state index contributed by atoms with van der Waals surface area (Å²) in [6.07, 6.45) is 3.73. The van der Waals surface area contributed by atoms with Crippen LogP contribution in [0, 0.1) is 6.92 Å². The molecule has 2 amide bonds. The van der Waals surface area contributed by atoms with Crippen LogP contribution < -0.4 is 10.6 Å². The molecule has 0 aliphatic rings. The molecule has 0 spiro atoms. The zero-order chi connectivity index (χ0) is 20.6. The van der Waals surface area contributed by atoms with Crippen LogP contribution >= 0.6 is 0 Å². The highest BCUT2D eigenvalue weighted by Crippen LogP contribution is 2.11. The predicted molar refractivity (Wildman–Crippen MR) is 111 cm³/mol. The second-order valence-electron chi connectivity index (χ2n) is 6.53. The van der Waals surface area contributed by atoms with Gasteiger partial charge in [-0.3, -0.25) is 0 Å². The summed E-state index contributed by atoms with van der Waals surface area (Å²) in [5, 5.41) is 5.60. The largest absolute Gasteiger partial charge is 0.462 e. The van der Waals surface area contributed by atoms with Crippen molar-refractivity contribution in [2.45, 2.75) is 26.9 Å². The summed E-state index contributed by atoms with van der Waals surface area (Å²) in [5.41, 5.74) is 3.19. The number of benzene rings is 2. The molecule has 0 saturated heterocycles. The van der Waals surface area contributed by atoms with Gasteiger partial charge in [-0.25, -0.2) is 14.6 Å². The first kappa shape index (κ1) is 20.1. The normalized spacial score (nSPS) is 10.4. The maximum atomic E-state index is 12.2. The van der Waals surface area contributed by atoms with Crippen LogP contribution in [0.3, 0.4) is 0 Å². The smallest absolute Gasteiger partial charge is 0.338 e. The summed E-state index contributed by atoms with van der Waals surface area (Å²) in [7, 11) is 0. The van der Waals surface area contributed by atoms with E-state index in [1.165, 1.54) is 0 Å². The second-order valence-corrected chi connectivity index (χ2v) is 6.53. The van der Waals surface area contributed by atoms with Gasteiger partial charge in [0.15, 0.2) is 0 Å². The van der Waals surface area contributed by atoms with E-state index in [0.29, 0.717) is 24.4 Å². The first-order chi connectivity index (χ1) is 14.0. The molecule has 3 rings (SSSR count). The molecular weight excluding hydrogens is 368 g/mol. The van der Waals surface area contributed by atoms with Gasteiger partial charge in [-0.15, -0.1) is 0 Å². The van der Waals surface area contributed by atoms with E-state index in [9.17, 15) is 9.59 Å². The topological polar surface area (TPSA) is 85.2 Å². The Morgan fingerprint density at radius 1 is 1.10 bits per heavy atom. The molecule has 1 aromatic heterocycles. The van der Waals surface area contributed by atoms with E-state index in [4.69, 9.17) is 4.74 Å². The number of imidazole rings is 1. The maximum absolute atomic E-state index is 12.2. The molecule has 0 fully saturated rings. The molecule has 0 unspecified atom stereocenters. The molecule has 2 aromatic carbocycles. The molecule has 1 heterocycles. The van der Waals surface area contributed by atoms with Crippen LogP contribution in [-0.2, 0) is 17.8 Å². The second kappa shape index (κ2) is 9.54. The molecule has 7 nitrogen and oxygen atoms in total. The number of rotatable bonds is 7. The Balaban J connectivity index is 1.52. The summed E-state index contributed by atoms with van der Waals surface area (Å²) >= 11 is 0. The summed E-state index contributed by atoms with van der Waals surface area (Å²) in [5.74, 6) is 0.580. The molecule has 2 N–H and O–H groups in total. The highest BCUT2D eigenvalue weighted by molar-refractivity contribution is 5.92. The highest BCUT2D eigenvalue weighted by Gasteiger charge is 2.07. The fraction of sp³-hybridized carbons (Fsp3) is 0.227. The third-order valence-electron chi connectivity index (χ3n) is 4.37. The van der Waals surface area contributed by atoms with Crippen molar-refractivity contribution < 1.29 is 14.3 Å². The van der Waals surface area contributed by atoms with Crippen LogP contribution in [0.4, 0.5) is 10.5 Å². The molecule has 150 valence electrons. The minimum atomic E-state index is -0.380. The van der Waals surface area contributed by atoms with Crippen molar-refractivity contribution in [3.8, 4) is 0 Å². The number of aromatic nitrogens is 2. The SMILES string of the molecule is CCOC(=O)c1ccc(NC(=O)NCc2cccc(Cn3ccnc3C)c2)cc1. The van der Waals surface area contributed by atoms with Gasteiger partial charge in [-0.1, -0.05) is 24.3 Å². The number of hydrogen-bond acceptors (Lipinski definition) is 4. The number of nitrogens with zero attached hydrogens (tertiary/aromatic N) is 2. The number of hydrogen-bond donors (Lipinski definition) is 2. The van der Waals surface area contributed by atoms with Crippen molar-refractivity contribution in [3.05, 3.63) is 83.4 Å². The number of urea groups is 1. The van der Waals surface area contributed by atoms with E-state index >= 15 is 0 Å². The van der Waals surface area contributed by atoms with Crippen LogP contribution in [0.25, 0.3) is 0 Å². The lowest BCUT2D eigenvalue weighted by Gasteiger charge is -2.10. The number of esters is 1. The monoisotopic (exact) mass is 392 g/mol. The molecule has 0 aliphatic heterocycles. The lowest BCUT2D eigenvalue weighted by Crippen LogP contribution is -2.28. The van der Waals surface area contributed by atoms with E-state index in [1.54, 1.807) is 37.4 Å². The fourth-order valence-electron chi connectivity index (χ4n) is 2.87. The van der Waals surface area contributed by atoms with E-state index < -0.39 is 0 Å². The molecule has 0 saturated carbocycles. The first-order valence-corrected chi connectivity index (χ1v) is 9.42. The van der Waals surface area contributed by atoms with E-state index in [2.05, 4.69) is 26.3 Å². The number of anilines is 1. The van der Waals surface area contributed by atoms with Crippen molar-refractivity contribution in [2.75, 3.05) is 11.9 Å². The van der Waals surface area contributed by atoms with Crippen molar-refractivity contribution in [2.24, 2.45) is 0 Å². The molecule has 7 heteroatoms. The van der Waals surface area contributed by atoms with Crippen molar-refractivity contribution >= 4 is 17.7 Å².